The molecule has 0 spiro atoms. The number of hydrogen-bond donors (Lipinski definition) is 2. The predicted octanol–water partition coefficient (Wildman–Crippen LogP) is 4.48. The van der Waals surface area contributed by atoms with Crippen molar-refractivity contribution in [3.8, 4) is 0 Å². The summed E-state index contributed by atoms with van der Waals surface area (Å²) in [5.74, 6) is -3.25. The summed E-state index contributed by atoms with van der Waals surface area (Å²) < 4.78 is 79.1. The van der Waals surface area contributed by atoms with E-state index in [2.05, 4.69) is 10.0 Å². The molecule has 0 aliphatic rings. The molecular formula is C21H17Cl2F2N3O5S2. The average Bonchev–Trinajstić information content (AvgIpc) is 2.76. The van der Waals surface area contributed by atoms with E-state index in [9.17, 15) is 30.4 Å². The normalized spacial score (nSPS) is 11.7. The molecule has 0 aliphatic carbocycles. The summed E-state index contributed by atoms with van der Waals surface area (Å²) in [5.41, 5.74) is 0.0404. The average molecular weight is 564 g/mol. The van der Waals surface area contributed by atoms with Crippen LogP contribution in [0.2, 0.25) is 10.0 Å². The number of rotatable bonds is 8. The fourth-order valence-corrected chi connectivity index (χ4v) is 5.30. The minimum absolute atomic E-state index is 0.0985. The predicted molar refractivity (Wildman–Crippen MR) is 131 cm³/mol. The molecule has 0 unspecified atom stereocenters. The molecule has 0 saturated heterocycles. The first-order valence-electron chi connectivity index (χ1n) is 9.57. The van der Waals surface area contributed by atoms with Gasteiger partial charge in [-0.3, -0.25) is 13.8 Å². The van der Waals surface area contributed by atoms with E-state index in [1.54, 1.807) is 0 Å². The van der Waals surface area contributed by atoms with E-state index in [1.165, 1.54) is 42.5 Å². The third-order valence-electron chi connectivity index (χ3n) is 4.50. The maximum absolute atomic E-state index is 13.6. The van der Waals surface area contributed by atoms with Gasteiger partial charge in [-0.1, -0.05) is 23.2 Å². The van der Waals surface area contributed by atoms with Crippen LogP contribution in [0.3, 0.4) is 0 Å². The number of carbonyl (C=O) groups excluding carboxylic acids is 1. The smallest absolute Gasteiger partial charge is 0.261 e. The van der Waals surface area contributed by atoms with Crippen molar-refractivity contribution in [1.29, 1.82) is 0 Å². The number of benzene rings is 3. The van der Waals surface area contributed by atoms with Crippen LogP contribution < -0.4 is 14.3 Å². The molecule has 0 fully saturated rings. The highest BCUT2D eigenvalue weighted by molar-refractivity contribution is 7.92. The summed E-state index contributed by atoms with van der Waals surface area (Å²) in [5, 5.41) is 2.85. The van der Waals surface area contributed by atoms with E-state index in [4.69, 9.17) is 23.2 Å². The number of anilines is 3. The lowest BCUT2D eigenvalue weighted by Crippen LogP contribution is -2.37. The topological polar surface area (TPSA) is 113 Å². The Morgan fingerprint density at radius 2 is 1.57 bits per heavy atom. The van der Waals surface area contributed by atoms with Crippen LogP contribution in [0.4, 0.5) is 25.8 Å². The number of amides is 1. The van der Waals surface area contributed by atoms with Crippen molar-refractivity contribution in [2.24, 2.45) is 0 Å². The van der Waals surface area contributed by atoms with Gasteiger partial charge in [0.25, 0.3) is 10.0 Å². The summed E-state index contributed by atoms with van der Waals surface area (Å²) in [7, 11) is -8.04. The van der Waals surface area contributed by atoms with Crippen LogP contribution >= 0.6 is 23.2 Å². The lowest BCUT2D eigenvalue weighted by molar-refractivity contribution is -0.114. The molecule has 35 heavy (non-hydrogen) atoms. The third kappa shape index (κ3) is 6.82. The van der Waals surface area contributed by atoms with Gasteiger partial charge in [-0.05, 0) is 54.6 Å². The second kappa shape index (κ2) is 10.4. The third-order valence-corrected chi connectivity index (χ3v) is 7.57. The number of hydrogen-bond acceptors (Lipinski definition) is 5. The van der Waals surface area contributed by atoms with Crippen molar-refractivity contribution in [3.05, 3.63) is 82.3 Å². The molecule has 3 rings (SSSR count). The van der Waals surface area contributed by atoms with Gasteiger partial charge in [-0.2, -0.15) is 0 Å². The van der Waals surface area contributed by atoms with Gasteiger partial charge in [0.15, 0.2) is 11.6 Å². The van der Waals surface area contributed by atoms with Crippen molar-refractivity contribution in [2.45, 2.75) is 4.90 Å². The summed E-state index contributed by atoms with van der Waals surface area (Å²) in [4.78, 5) is 12.3. The zero-order valence-corrected chi connectivity index (χ0v) is 20.9. The van der Waals surface area contributed by atoms with Crippen LogP contribution in [-0.2, 0) is 24.8 Å². The molecule has 0 radical (unpaired) electrons. The van der Waals surface area contributed by atoms with Crippen LogP contribution in [0.5, 0.6) is 0 Å². The lowest BCUT2D eigenvalue weighted by atomic mass is 10.3. The Labute approximate surface area is 210 Å². The number of nitrogens with one attached hydrogen (secondary N) is 2. The summed E-state index contributed by atoms with van der Waals surface area (Å²) in [6.45, 7) is -0.736. The zero-order valence-electron chi connectivity index (χ0n) is 17.8. The Bertz CT molecular complexity index is 1490. The van der Waals surface area contributed by atoms with Gasteiger partial charge in [-0.25, -0.2) is 25.6 Å². The van der Waals surface area contributed by atoms with Gasteiger partial charge in [0.2, 0.25) is 15.9 Å². The molecule has 0 heterocycles. The summed E-state index contributed by atoms with van der Waals surface area (Å²) >= 11 is 11.8. The minimum Gasteiger partial charge on any atom is -0.325 e. The number of nitrogens with zero attached hydrogens (tertiary/aromatic N) is 1. The van der Waals surface area contributed by atoms with Crippen molar-refractivity contribution in [1.82, 2.24) is 0 Å². The van der Waals surface area contributed by atoms with Crippen LogP contribution in [0, 0.1) is 11.6 Å². The fourth-order valence-electron chi connectivity index (χ4n) is 2.86. The van der Waals surface area contributed by atoms with Gasteiger partial charge in [0, 0.05) is 16.8 Å². The van der Waals surface area contributed by atoms with E-state index < -0.39 is 44.1 Å². The van der Waals surface area contributed by atoms with Crippen molar-refractivity contribution >= 4 is 66.2 Å². The van der Waals surface area contributed by atoms with E-state index in [0.717, 1.165) is 18.4 Å². The zero-order chi connectivity index (χ0) is 26.0. The first-order valence-corrected chi connectivity index (χ1v) is 13.7. The first-order chi connectivity index (χ1) is 16.3. The van der Waals surface area contributed by atoms with Crippen LogP contribution in [0.15, 0.2) is 65.6 Å². The van der Waals surface area contributed by atoms with E-state index in [1.807, 2.05) is 0 Å². The van der Waals surface area contributed by atoms with Gasteiger partial charge in [-0.15, -0.1) is 0 Å². The largest absolute Gasteiger partial charge is 0.325 e. The summed E-state index contributed by atoms with van der Waals surface area (Å²) in [6, 6.07) is 11.7. The Morgan fingerprint density at radius 3 is 2.14 bits per heavy atom. The lowest BCUT2D eigenvalue weighted by Gasteiger charge is -2.22. The number of sulfonamides is 2. The maximum atomic E-state index is 13.6. The molecular weight excluding hydrogens is 547 g/mol. The highest BCUT2D eigenvalue weighted by atomic mass is 35.5. The molecule has 0 aromatic heterocycles. The second-order valence-electron chi connectivity index (χ2n) is 7.17. The SMILES string of the molecule is CS(=O)(=O)N(CC(=O)Nc1ccc(S(=O)(=O)Nc2ccc(Cl)cc2Cl)cc1)c1ccc(F)c(F)c1. The molecule has 3 aromatic carbocycles. The van der Waals surface area contributed by atoms with E-state index in [-0.39, 0.29) is 27.0 Å². The Morgan fingerprint density at radius 1 is 0.914 bits per heavy atom. The highest BCUT2D eigenvalue weighted by Crippen LogP contribution is 2.28. The fraction of sp³-hybridized carbons (Fsp3) is 0.0952. The Kier molecular flexibility index (Phi) is 7.90. The van der Waals surface area contributed by atoms with Crippen molar-refractivity contribution in [3.63, 3.8) is 0 Å². The number of halogens is 4. The molecule has 0 aliphatic heterocycles. The van der Waals surface area contributed by atoms with E-state index >= 15 is 0 Å². The Balaban J connectivity index is 1.73. The van der Waals surface area contributed by atoms with Crippen molar-refractivity contribution in [2.75, 3.05) is 27.1 Å². The van der Waals surface area contributed by atoms with Crippen molar-refractivity contribution < 1.29 is 30.4 Å². The monoisotopic (exact) mass is 563 g/mol. The van der Waals surface area contributed by atoms with Gasteiger partial charge >= 0.3 is 0 Å². The Hall–Kier alpha value is -2.93. The van der Waals surface area contributed by atoms with Crippen LogP contribution in [-0.4, -0.2) is 35.5 Å². The minimum atomic E-state index is -4.02. The molecule has 14 heteroatoms. The number of carbonyl (C=O) groups is 1. The summed E-state index contributed by atoms with van der Waals surface area (Å²) in [6.07, 6.45) is 0.807. The molecule has 186 valence electrons. The molecule has 8 nitrogen and oxygen atoms in total. The highest BCUT2D eigenvalue weighted by Gasteiger charge is 2.22. The molecule has 2 N–H and O–H groups in total. The van der Waals surface area contributed by atoms with Crippen LogP contribution in [0.1, 0.15) is 0 Å². The molecule has 3 aromatic rings. The van der Waals surface area contributed by atoms with Gasteiger partial charge < -0.3 is 5.32 Å². The standard InChI is InChI=1S/C21H17Cl2F2N3O5S2/c1-34(30,31)28(15-5-8-18(24)19(25)11-15)12-21(29)26-14-3-6-16(7-4-14)35(32,33)27-20-9-2-13(22)10-17(20)23/h2-11,27H,12H2,1H3,(H,26,29). The van der Waals surface area contributed by atoms with Crippen LogP contribution in [0.25, 0.3) is 0 Å². The molecule has 0 atom stereocenters. The van der Waals surface area contributed by atoms with E-state index in [0.29, 0.717) is 15.4 Å². The molecule has 0 bridgehead atoms. The molecule has 0 saturated carbocycles. The second-order valence-corrected chi connectivity index (χ2v) is 11.6. The molecule has 1 amide bonds. The van der Waals surface area contributed by atoms with Gasteiger partial charge in [0.05, 0.1) is 27.5 Å². The first kappa shape index (κ1) is 26.7. The maximum Gasteiger partial charge on any atom is 0.261 e. The van der Waals surface area contributed by atoms with Gasteiger partial charge in [0.1, 0.15) is 6.54 Å². The quantitative estimate of drug-likeness (QED) is 0.419.